The Bertz CT molecular complexity index is 1560. The number of fused-ring (bicyclic) bond motifs is 2. The van der Waals surface area contributed by atoms with Gasteiger partial charge in [-0.05, 0) is 56.3 Å². The van der Waals surface area contributed by atoms with Crippen molar-refractivity contribution < 1.29 is 37.7 Å². The first-order chi connectivity index (χ1) is 17.9. The van der Waals surface area contributed by atoms with E-state index in [1.54, 1.807) is 61.5 Å². The van der Waals surface area contributed by atoms with Crippen LogP contribution in [-0.2, 0) is 0 Å². The van der Waals surface area contributed by atoms with Gasteiger partial charge in [-0.1, -0.05) is 12.1 Å². The highest BCUT2D eigenvalue weighted by molar-refractivity contribution is 6.14. The third-order valence-electron chi connectivity index (χ3n) is 5.92. The molecule has 0 aliphatic carbocycles. The zero-order valence-corrected chi connectivity index (χ0v) is 20.7. The fourth-order valence-electron chi connectivity index (χ4n) is 4.26. The number of carbonyl (C=O) groups excluding carboxylic acids is 2. The highest BCUT2D eigenvalue weighted by Gasteiger charge is 2.29. The number of rotatable bonds is 7. The van der Waals surface area contributed by atoms with Crippen molar-refractivity contribution in [2.24, 2.45) is 0 Å². The van der Waals surface area contributed by atoms with Gasteiger partial charge in [-0.25, -0.2) is 4.79 Å². The summed E-state index contributed by atoms with van der Waals surface area (Å²) in [6, 6.07) is 15.3. The summed E-state index contributed by atoms with van der Waals surface area (Å²) < 4.78 is 33.5. The summed E-state index contributed by atoms with van der Waals surface area (Å²) in [5, 5.41) is 0.596. The summed E-state index contributed by atoms with van der Waals surface area (Å²) in [5.74, 6) is 1.82. The molecule has 8 nitrogen and oxygen atoms in total. The number of hydrogen-bond donors (Lipinski definition) is 0. The number of ether oxygens (including phenoxy) is 5. The lowest BCUT2D eigenvalue weighted by Gasteiger charge is -2.10. The average Bonchev–Trinajstić information content (AvgIpc) is 3.38. The molecule has 0 spiro atoms. The van der Waals surface area contributed by atoms with Crippen molar-refractivity contribution in [2.75, 3.05) is 20.8 Å². The highest BCUT2D eigenvalue weighted by atomic mass is 16.5. The van der Waals surface area contributed by atoms with E-state index in [2.05, 4.69) is 0 Å². The van der Waals surface area contributed by atoms with Gasteiger partial charge in [-0.15, -0.1) is 0 Å². The first-order valence-corrected chi connectivity index (χ1v) is 11.6. The molecular weight excluding hydrogens is 476 g/mol. The fourth-order valence-corrected chi connectivity index (χ4v) is 4.26. The molecule has 37 heavy (non-hydrogen) atoms. The van der Waals surface area contributed by atoms with Gasteiger partial charge in [-0.3, -0.25) is 4.79 Å². The third-order valence-corrected chi connectivity index (χ3v) is 5.92. The molecule has 1 aliphatic rings. The molecule has 3 aromatic carbocycles. The largest absolute Gasteiger partial charge is 0.494 e. The molecule has 0 N–H and O–H groups in total. The van der Waals surface area contributed by atoms with Crippen LogP contribution in [0, 0.1) is 6.92 Å². The number of para-hydroxylation sites is 1. The van der Waals surface area contributed by atoms with Crippen molar-refractivity contribution in [3.05, 3.63) is 82.8 Å². The number of hydrogen-bond acceptors (Lipinski definition) is 8. The van der Waals surface area contributed by atoms with E-state index in [-0.39, 0.29) is 23.0 Å². The van der Waals surface area contributed by atoms with Gasteiger partial charge >= 0.3 is 5.97 Å². The summed E-state index contributed by atoms with van der Waals surface area (Å²) in [6.45, 7) is 4.08. The Kier molecular flexibility index (Phi) is 6.31. The number of allylic oxidation sites excluding steroid dienone is 1. The Morgan fingerprint density at radius 3 is 2.57 bits per heavy atom. The maximum absolute atomic E-state index is 13.1. The molecule has 0 amide bonds. The van der Waals surface area contributed by atoms with E-state index in [4.69, 9.17) is 28.1 Å². The number of Topliss-reactive ketones (excluding diaryl/α,β-unsaturated/α-hetero) is 1. The van der Waals surface area contributed by atoms with E-state index in [0.717, 1.165) is 0 Å². The molecule has 188 valence electrons. The smallest absolute Gasteiger partial charge is 0.347 e. The quantitative estimate of drug-likeness (QED) is 0.173. The lowest BCUT2D eigenvalue weighted by molar-refractivity contribution is 0.0734. The van der Waals surface area contributed by atoms with Crippen LogP contribution in [0.5, 0.6) is 28.7 Å². The Morgan fingerprint density at radius 2 is 1.81 bits per heavy atom. The average molecular weight is 501 g/mol. The first-order valence-electron chi connectivity index (χ1n) is 11.6. The Hall–Kier alpha value is -4.72. The molecule has 0 saturated heterocycles. The van der Waals surface area contributed by atoms with Crippen molar-refractivity contribution in [1.82, 2.24) is 0 Å². The number of methoxy groups -OCH3 is 2. The molecule has 5 rings (SSSR count). The van der Waals surface area contributed by atoms with Gasteiger partial charge in [0.2, 0.25) is 5.78 Å². The van der Waals surface area contributed by atoms with Crippen LogP contribution in [0.15, 0.2) is 64.8 Å². The van der Waals surface area contributed by atoms with Crippen LogP contribution in [0.2, 0.25) is 0 Å². The van der Waals surface area contributed by atoms with E-state index in [1.165, 1.54) is 20.3 Å². The predicted octanol–water partition coefficient (Wildman–Crippen LogP) is 5.99. The molecule has 1 aromatic heterocycles. The van der Waals surface area contributed by atoms with Gasteiger partial charge in [0, 0.05) is 17.0 Å². The lowest BCUT2D eigenvalue weighted by Crippen LogP contribution is -2.09. The summed E-state index contributed by atoms with van der Waals surface area (Å²) in [7, 11) is 3.06. The van der Waals surface area contributed by atoms with E-state index in [9.17, 15) is 9.59 Å². The van der Waals surface area contributed by atoms with Crippen molar-refractivity contribution in [2.45, 2.75) is 13.8 Å². The summed E-state index contributed by atoms with van der Waals surface area (Å²) in [6.07, 6.45) is 1.59. The van der Waals surface area contributed by atoms with Gasteiger partial charge < -0.3 is 28.1 Å². The second-order valence-electron chi connectivity index (χ2n) is 8.19. The zero-order chi connectivity index (χ0) is 26.1. The number of esters is 1. The summed E-state index contributed by atoms with van der Waals surface area (Å²) in [4.78, 5) is 26.1. The first kappa shape index (κ1) is 24.0. The fraction of sp³-hybridized carbons (Fsp3) is 0.172. The van der Waals surface area contributed by atoms with Crippen LogP contribution in [0.4, 0.5) is 0 Å². The zero-order valence-electron chi connectivity index (χ0n) is 20.7. The maximum atomic E-state index is 13.1. The standard InChI is InChI=1S/C29H24O8/c1-5-34-18-10-12-22-21(14-18)26(16(2)35-22)29(31)36-19-9-11-20-24(15-19)37-25(27(20)30)13-17-7-6-8-23(32-3)28(17)33-4/h6-15H,5H2,1-4H3. The van der Waals surface area contributed by atoms with Crippen LogP contribution in [0.1, 0.15) is 39.0 Å². The number of ketones is 1. The van der Waals surface area contributed by atoms with Crippen LogP contribution in [0.25, 0.3) is 17.0 Å². The predicted molar refractivity (Wildman–Crippen MR) is 136 cm³/mol. The molecule has 4 aromatic rings. The molecule has 0 fully saturated rings. The molecule has 0 saturated carbocycles. The Labute approximate surface area is 213 Å². The number of furan rings is 1. The van der Waals surface area contributed by atoms with Gasteiger partial charge in [0.15, 0.2) is 17.3 Å². The van der Waals surface area contributed by atoms with E-state index >= 15 is 0 Å². The van der Waals surface area contributed by atoms with Gasteiger partial charge in [0.1, 0.15) is 34.2 Å². The minimum absolute atomic E-state index is 0.116. The molecule has 0 atom stereocenters. The molecule has 1 aliphatic heterocycles. The summed E-state index contributed by atoms with van der Waals surface area (Å²) in [5.41, 5.74) is 1.84. The SMILES string of the molecule is CCOc1ccc2oc(C)c(C(=O)Oc3ccc4c(c3)OC(=Cc3cccc(OC)c3OC)C4=O)c2c1. The Balaban J connectivity index is 1.41. The second-order valence-corrected chi connectivity index (χ2v) is 8.19. The normalized spacial score (nSPS) is 13.4. The molecule has 8 heteroatoms. The number of aryl methyl sites for hydroxylation is 1. The van der Waals surface area contributed by atoms with Gasteiger partial charge in [-0.2, -0.15) is 0 Å². The van der Waals surface area contributed by atoms with Crippen molar-refractivity contribution in [3.8, 4) is 28.7 Å². The maximum Gasteiger partial charge on any atom is 0.347 e. The minimum atomic E-state index is -0.592. The van der Waals surface area contributed by atoms with Crippen molar-refractivity contribution in [1.29, 1.82) is 0 Å². The molecule has 2 heterocycles. The molecular formula is C29H24O8. The van der Waals surface area contributed by atoms with E-state index in [1.807, 2.05) is 6.92 Å². The van der Waals surface area contributed by atoms with Crippen molar-refractivity contribution >= 4 is 28.8 Å². The second kappa shape index (κ2) is 9.73. The molecule has 0 radical (unpaired) electrons. The van der Waals surface area contributed by atoms with E-state index in [0.29, 0.717) is 57.3 Å². The van der Waals surface area contributed by atoms with Crippen molar-refractivity contribution in [3.63, 3.8) is 0 Å². The minimum Gasteiger partial charge on any atom is -0.494 e. The van der Waals surface area contributed by atoms with Crippen LogP contribution >= 0.6 is 0 Å². The lowest BCUT2D eigenvalue weighted by atomic mass is 10.1. The topological polar surface area (TPSA) is 93.4 Å². The van der Waals surface area contributed by atoms with Gasteiger partial charge in [0.05, 0.1) is 26.4 Å². The van der Waals surface area contributed by atoms with Gasteiger partial charge in [0.25, 0.3) is 0 Å². The number of carbonyl (C=O) groups is 2. The molecule has 0 unspecified atom stereocenters. The third kappa shape index (κ3) is 4.38. The highest BCUT2D eigenvalue weighted by Crippen LogP contribution is 2.38. The van der Waals surface area contributed by atoms with Crippen LogP contribution in [0.3, 0.4) is 0 Å². The molecule has 0 bridgehead atoms. The number of benzene rings is 3. The van der Waals surface area contributed by atoms with Crippen LogP contribution < -0.4 is 23.7 Å². The summed E-state index contributed by atoms with van der Waals surface area (Å²) >= 11 is 0. The monoisotopic (exact) mass is 500 g/mol. The van der Waals surface area contributed by atoms with E-state index < -0.39 is 5.97 Å². The Morgan fingerprint density at radius 1 is 1.00 bits per heavy atom. The van der Waals surface area contributed by atoms with Crippen LogP contribution in [-0.4, -0.2) is 32.6 Å².